The highest BCUT2D eigenvalue weighted by Crippen LogP contribution is 2.31. The van der Waals surface area contributed by atoms with Gasteiger partial charge in [0.15, 0.2) is 0 Å². The van der Waals surface area contributed by atoms with E-state index in [2.05, 4.69) is 55.2 Å². The van der Waals surface area contributed by atoms with Gasteiger partial charge < -0.3 is 5.32 Å². The van der Waals surface area contributed by atoms with E-state index >= 15 is 0 Å². The molecule has 1 N–H and O–H groups in total. The lowest BCUT2D eigenvalue weighted by Crippen LogP contribution is -2.26. The fourth-order valence-electron chi connectivity index (χ4n) is 2.86. The van der Waals surface area contributed by atoms with E-state index in [9.17, 15) is 0 Å². The van der Waals surface area contributed by atoms with E-state index in [0.29, 0.717) is 6.04 Å². The van der Waals surface area contributed by atoms with Crippen LogP contribution in [0, 0.1) is 12.8 Å². The van der Waals surface area contributed by atoms with Crippen LogP contribution in [0.2, 0.25) is 0 Å². The molecule has 2 heteroatoms. The molecule has 106 valence electrons. The average Bonchev–Trinajstić information content (AvgIpc) is 2.44. The summed E-state index contributed by atoms with van der Waals surface area (Å²) in [4.78, 5) is 0. The minimum Gasteiger partial charge on any atom is -0.310 e. The van der Waals surface area contributed by atoms with Gasteiger partial charge in [-0.2, -0.15) is 11.8 Å². The van der Waals surface area contributed by atoms with Crippen molar-refractivity contribution in [3.63, 3.8) is 0 Å². The van der Waals surface area contributed by atoms with Crippen LogP contribution in [0.25, 0.3) is 0 Å². The second-order valence-electron chi connectivity index (χ2n) is 5.71. The number of hydrogen-bond acceptors (Lipinski definition) is 2. The lowest BCUT2D eigenvalue weighted by molar-refractivity contribution is 0.370. The highest BCUT2D eigenvalue weighted by Gasteiger charge is 2.20. The summed E-state index contributed by atoms with van der Waals surface area (Å²) in [5.74, 6) is 3.63. The smallest absolute Gasteiger partial charge is 0.0322 e. The van der Waals surface area contributed by atoms with E-state index < -0.39 is 0 Å². The van der Waals surface area contributed by atoms with Gasteiger partial charge in [0.25, 0.3) is 0 Å². The summed E-state index contributed by atoms with van der Waals surface area (Å²) in [6.45, 7) is 5.56. The summed E-state index contributed by atoms with van der Waals surface area (Å²) in [7, 11) is 0. The Balaban J connectivity index is 2.01. The maximum Gasteiger partial charge on any atom is 0.0322 e. The van der Waals surface area contributed by atoms with Gasteiger partial charge in [-0.15, -0.1) is 0 Å². The van der Waals surface area contributed by atoms with Crippen LogP contribution in [-0.2, 0) is 0 Å². The van der Waals surface area contributed by atoms with E-state index in [1.54, 1.807) is 0 Å². The molecule has 1 atom stereocenters. The topological polar surface area (TPSA) is 12.0 Å². The Hall–Kier alpha value is -0.470. The van der Waals surface area contributed by atoms with Crippen LogP contribution in [0.4, 0.5) is 0 Å². The molecular weight excluding hydrogens is 250 g/mol. The summed E-state index contributed by atoms with van der Waals surface area (Å²) in [5, 5.41) is 3.75. The monoisotopic (exact) mass is 277 g/mol. The molecule has 0 aromatic heterocycles. The Bertz CT molecular complexity index is 371. The van der Waals surface area contributed by atoms with Crippen LogP contribution in [0.15, 0.2) is 24.3 Å². The largest absolute Gasteiger partial charge is 0.310 e. The first-order valence-corrected chi connectivity index (χ1v) is 8.82. The van der Waals surface area contributed by atoms with E-state index in [0.717, 1.165) is 12.5 Å². The molecular formula is C17H27NS. The number of hydrogen-bond donors (Lipinski definition) is 1. The molecule has 1 nitrogen and oxygen atoms in total. The minimum absolute atomic E-state index is 0.549. The Morgan fingerprint density at radius 3 is 2.79 bits per heavy atom. The van der Waals surface area contributed by atoms with Crippen molar-refractivity contribution in [3.8, 4) is 0 Å². The number of aryl methyl sites for hydroxylation is 1. The van der Waals surface area contributed by atoms with Gasteiger partial charge in [0.05, 0.1) is 0 Å². The van der Waals surface area contributed by atoms with Crippen LogP contribution < -0.4 is 5.32 Å². The SMILES string of the molecule is CCCNC(CC1CCSCC1)c1cccc(C)c1. The van der Waals surface area contributed by atoms with Crippen molar-refractivity contribution in [3.05, 3.63) is 35.4 Å². The van der Waals surface area contributed by atoms with Crippen LogP contribution in [0.3, 0.4) is 0 Å². The highest BCUT2D eigenvalue weighted by molar-refractivity contribution is 7.99. The van der Waals surface area contributed by atoms with Crippen molar-refractivity contribution >= 4 is 11.8 Å². The third-order valence-electron chi connectivity index (χ3n) is 4.00. The maximum atomic E-state index is 3.75. The predicted octanol–water partition coefficient (Wildman–Crippen LogP) is 4.57. The first kappa shape index (κ1) is 14.9. The van der Waals surface area contributed by atoms with Crippen LogP contribution in [0.5, 0.6) is 0 Å². The van der Waals surface area contributed by atoms with E-state index in [1.165, 1.54) is 48.3 Å². The number of rotatable bonds is 6. The standard InChI is InChI=1S/C17H27NS/c1-3-9-18-17(13-15-7-10-19-11-8-15)16-6-4-5-14(2)12-16/h4-6,12,15,17-18H,3,7-11,13H2,1-2H3. The third kappa shape index (κ3) is 4.85. The first-order chi connectivity index (χ1) is 9.29. The summed E-state index contributed by atoms with van der Waals surface area (Å²) in [5.41, 5.74) is 2.85. The predicted molar refractivity (Wildman–Crippen MR) is 86.9 cm³/mol. The van der Waals surface area contributed by atoms with Crippen molar-refractivity contribution in [1.29, 1.82) is 0 Å². The fraction of sp³-hybridized carbons (Fsp3) is 0.647. The molecule has 2 rings (SSSR count). The second-order valence-corrected chi connectivity index (χ2v) is 6.94. The Morgan fingerprint density at radius 2 is 2.11 bits per heavy atom. The van der Waals surface area contributed by atoms with E-state index in [4.69, 9.17) is 0 Å². The minimum atomic E-state index is 0.549. The van der Waals surface area contributed by atoms with Crippen molar-refractivity contribution in [2.24, 2.45) is 5.92 Å². The lowest BCUT2D eigenvalue weighted by Gasteiger charge is -2.27. The van der Waals surface area contributed by atoms with Crippen LogP contribution in [-0.4, -0.2) is 18.1 Å². The second kappa shape index (κ2) is 7.96. The van der Waals surface area contributed by atoms with Gasteiger partial charge in [-0.05, 0) is 62.1 Å². The fourth-order valence-corrected chi connectivity index (χ4v) is 4.06. The van der Waals surface area contributed by atoms with E-state index in [-0.39, 0.29) is 0 Å². The number of benzene rings is 1. The summed E-state index contributed by atoms with van der Waals surface area (Å²) in [6, 6.07) is 9.58. The van der Waals surface area contributed by atoms with Gasteiger partial charge in [0, 0.05) is 6.04 Å². The Kier molecular flexibility index (Phi) is 6.25. The molecule has 19 heavy (non-hydrogen) atoms. The Labute approximate surface area is 122 Å². The summed E-state index contributed by atoms with van der Waals surface area (Å²) in [6.07, 6.45) is 5.33. The molecule has 1 aromatic carbocycles. The molecule has 1 aliphatic rings. The quantitative estimate of drug-likeness (QED) is 0.817. The molecule has 0 spiro atoms. The zero-order valence-electron chi connectivity index (χ0n) is 12.3. The average molecular weight is 277 g/mol. The molecule has 0 bridgehead atoms. The third-order valence-corrected chi connectivity index (χ3v) is 5.04. The normalized spacial score (nSPS) is 18.4. The molecule has 1 fully saturated rings. The van der Waals surface area contributed by atoms with Gasteiger partial charge in [-0.1, -0.05) is 36.8 Å². The zero-order valence-corrected chi connectivity index (χ0v) is 13.1. The molecule has 0 radical (unpaired) electrons. The van der Waals surface area contributed by atoms with Gasteiger partial charge in [-0.3, -0.25) is 0 Å². The van der Waals surface area contributed by atoms with Crippen molar-refractivity contribution < 1.29 is 0 Å². The maximum absolute atomic E-state index is 3.75. The van der Waals surface area contributed by atoms with Gasteiger partial charge in [-0.25, -0.2) is 0 Å². The van der Waals surface area contributed by atoms with Gasteiger partial charge in [0.1, 0.15) is 0 Å². The molecule has 0 saturated carbocycles. The molecule has 1 saturated heterocycles. The summed E-state index contributed by atoms with van der Waals surface area (Å²) < 4.78 is 0. The summed E-state index contributed by atoms with van der Waals surface area (Å²) >= 11 is 2.12. The van der Waals surface area contributed by atoms with E-state index in [1.807, 2.05) is 0 Å². The highest BCUT2D eigenvalue weighted by atomic mass is 32.2. The molecule has 1 unspecified atom stereocenters. The molecule has 0 aliphatic carbocycles. The van der Waals surface area contributed by atoms with Crippen LogP contribution >= 0.6 is 11.8 Å². The molecule has 1 aromatic rings. The number of thioether (sulfide) groups is 1. The first-order valence-electron chi connectivity index (χ1n) is 7.67. The molecule has 0 amide bonds. The van der Waals surface area contributed by atoms with Crippen LogP contribution in [0.1, 0.15) is 49.8 Å². The lowest BCUT2D eigenvalue weighted by atomic mass is 9.90. The zero-order chi connectivity index (χ0) is 13.5. The van der Waals surface area contributed by atoms with Crippen molar-refractivity contribution in [2.45, 2.75) is 45.6 Å². The van der Waals surface area contributed by atoms with Gasteiger partial charge in [0.2, 0.25) is 0 Å². The van der Waals surface area contributed by atoms with Gasteiger partial charge >= 0.3 is 0 Å². The Morgan fingerprint density at radius 1 is 1.32 bits per heavy atom. The number of nitrogens with one attached hydrogen (secondary N) is 1. The molecule has 1 aliphatic heterocycles. The molecule has 1 heterocycles. The van der Waals surface area contributed by atoms with Crippen molar-refractivity contribution in [1.82, 2.24) is 5.32 Å². The van der Waals surface area contributed by atoms with Crippen molar-refractivity contribution in [2.75, 3.05) is 18.1 Å².